The number of hydrogen-bond acceptors (Lipinski definition) is 5. The van der Waals surface area contributed by atoms with Gasteiger partial charge in [-0.3, -0.25) is 0 Å². The van der Waals surface area contributed by atoms with Crippen LogP contribution < -0.4 is 10.1 Å². The Morgan fingerprint density at radius 3 is 2.80 bits per heavy atom. The zero-order valence-electron chi connectivity index (χ0n) is 12.2. The SMILES string of the molecule is COc1ccccc1-c1nnc(CCCNC(C)C)o1. The smallest absolute Gasteiger partial charge is 0.251 e. The molecule has 0 spiro atoms. The van der Waals surface area contributed by atoms with Gasteiger partial charge in [-0.05, 0) is 25.1 Å². The Kier molecular flexibility index (Phi) is 5.12. The number of para-hydroxylation sites is 1. The molecule has 0 saturated carbocycles. The first-order valence-electron chi connectivity index (χ1n) is 6.90. The van der Waals surface area contributed by atoms with E-state index in [2.05, 4.69) is 29.4 Å². The zero-order chi connectivity index (χ0) is 14.4. The van der Waals surface area contributed by atoms with Crippen LogP contribution in [-0.2, 0) is 6.42 Å². The zero-order valence-corrected chi connectivity index (χ0v) is 12.2. The molecular weight excluding hydrogens is 254 g/mol. The fourth-order valence-electron chi connectivity index (χ4n) is 1.92. The number of nitrogens with one attached hydrogen (secondary N) is 1. The lowest BCUT2D eigenvalue weighted by molar-refractivity contribution is 0.413. The Morgan fingerprint density at radius 2 is 2.05 bits per heavy atom. The average molecular weight is 275 g/mol. The van der Waals surface area contributed by atoms with Crippen molar-refractivity contribution in [3.63, 3.8) is 0 Å². The predicted molar refractivity (Wildman–Crippen MR) is 77.7 cm³/mol. The first-order valence-corrected chi connectivity index (χ1v) is 6.90. The van der Waals surface area contributed by atoms with E-state index in [1.165, 1.54) is 0 Å². The summed E-state index contributed by atoms with van der Waals surface area (Å²) in [5, 5.41) is 11.5. The van der Waals surface area contributed by atoms with Crippen LogP contribution in [0.2, 0.25) is 0 Å². The number of benzene rings is 1. The third kappa shape index (κ3) is 3.81. The molecule has 108 valence electrons. The van der Waals surface area contributed by atoms with Gasteiger partial charge in [0.1, 0.15) is 5.75 Å². The molecule has 0 unspecified atom stereocenters. The maximum atomic E-state index is 5.69. The van der Waals surface area contributed by atoms with E-state index >= 15 is 0 Å². The summed E-state index contributed by atoms with van der Waals surface area (Å²) in [7, 11) is 1.63. The van der Waals surface area contributed by atoms with Gasteiger partial charge in [0.15, 0.2) is 0 Å². The van der Waals surface area contributed by atoms with Crippen LogP contribution in [0.1, 0.15) is 26.2 Å². The van der Waals surface area contributed by atoms with Crippen LogP contribution in [0.3, 0.4) is 0 Å². The summed E-state index contributed by atoms with van der Waals surface area (Å²) in [5.74, 6) is 1.91. The van der Waals surface area contributed by atoms with Crippen molar-refractivity contribution in [3.05, 3.63) is 30.2 Å². The third-order valence-electron chi connectivity index (χ3n) is 2.92. The second kappa shape index (κ2) is 7.05. The summed E-state index contributed by atoms with van der Waals surface area (Å²) in [6.07, 6.45) is 1.76. The van der Waals surface area contributed by atoms with Crippen LogP contribution >= 0.6 is 0 Å². The van der Waals surface area contributed by atoms with Crippen LogP contribution in [0.25, 0.3) is 11.5 Å². The van der Waals surface area contributed by atoms with Gasteiger partial charge in [-0.1, -0.05) is 26.0 Å². The molecule has 0 atom stereocenters. The van der Waals surface area contributed by atoms with Gasteiger partial charge in [-0.15, -0.1) is 10.2 Å². The van der Waals surface area contributed by atoms with Crippen molar-refractivity contribution < 1.29 is 9.15 Å². The molecule has 5 heteroatoms. The van der Waals surface area contributed by atoms with Crippen LogP contribution in [0.4, 0.5) is 0 Å². The summed E-state index contributed by atoms with van der Waals surface area (Å²) < 4.78 is 11.0. The normalized spacial score (nSPS) is 11.0. The number of methoxy groups -OCH3 is 1. The summed E-state index contributed by atoms with van der Waals surface area (Å²) in [5.41, 5.74) is 0.828. The Bertz CT molecular complexity index is 537. The molecule has 1 aromatic heterocycles. The number of rotatable bonds is 7. The highest BCUT2D eigenvalue weighted by molar-refractivity contribution is 5.62. The Morgan fingerprint density at radius 1 is 1.25 bits per heavy atom. The quantitative estimate of drug-likeness (QED) is 0.787. The second-order valence-electron chi connectivity index (χ2n) is 4.91. The summed E-state index contributed by atoms with van der Waals surface area (Å²) in [6, 6.07) is 8.13. The lowest BCUT2D eigenvalue weighted by Gasteiger charge is -2.05. The number of aromatic nitrogens is 2. The molecule has 0 radical (unpaired) electrons. The van der Waals surface area contributed by atoms with Gasteiger partial charge in [-0.25, -0.2) is 0 Å². The Hall–Kier alpha value is -1.88. The number of aryl methyl sites for hydroxylation is 1. The summed E-state index contributed by atoms with van der Waals surface area (Å²) in [4.78, 5) is 0. The molecule has 0 amide bonds. The van der Waals surface area contributed by atoms with Gasteiger partial charge in [0, 0.05) is 12.5 Å². The van der Waals surface area contributed by atoms with E-state index in [-0.39, 0.29) is 0 Å². The Labute approximate surface area is 119 Å². The van der Waals surface area contributed by atoms with Gasteiger partial charge in [-0.2, -0.15) is 0 Å². The number of nitrogens with zero attached hydrogens (tertiary/aromatic N) is 2. The lowest BCUT2D eigenvalue weighted by Crippen LogP contribution is -2.23. The van der Waals surface area contributed by atoms with Gasteiger partial charge in [0.2, 0.25) is 5.89 Å². The van der Waals surface area contributed by atoms with Crippen molar-refractivity contribution in [2.45, 2.75) is 32.7 Å². The fraction of sp³-hybridized carbons (Fsp3) is 0.467. The van der Waals surface area contributed by atoms with Gasteiger partial charge in [0.05, 0.1) is 12.7 Å². The van der Waals surface area contributed by atoms with E-state index in [1.807, 2.05) is 24.3 Å². The minimum atomic E-state index is 0.502. The van der Waals surface area contributed by atoms with Crippen LogP contribution in [0, 0.1) is 0 Å². The van der Waals surface area contributed by atoms with Crippen molar-refractivity contribution in [1.82, 2.24) is 15.5 Å². The van der Waals surface area contributed by atoms with Crippen molar-refractivity contribution >= 4 is 0 Å². The first-order chi connectivity index (χ1) is 9.70. The molecule has 2 rings (SSSR count). The average Bonchev–Trinajstić information content (AvgIpc) is 2.92. The molecule has 5 nitrogen and oxygen atoms in total. The minimum Gasteiger partial charge on any atom is -0.496 e. The molecule has 0 bridgehead atoms. The van der Waals surface area contributed by atoms with Crippen molar-refractivity contribution in [1.29, 1.82) is 0 Å². The summed E-state index contributed by atoms with van der Waals surface area (Å²) in [6.45, 7) is 5.21. The van der Waals surface area contributed by atoms with Crippen molar-refractivity contribution in [2.75, 3.05) is 13.7 Å². The van der Waals surface area contributed by atoms with E-state index in [9.17, 15) is 0 Å². The maximum absolute atomic E-state index is 5.69. The molecule has 0 aliphatic heterocycles. The van der Waals surface area contributed by atoms with Crippen molar-refractivity contribution in [2.24, 2.45) is 0 Å². The fourth-order valence-corrected chi connectivity index (χ4v) is 1.92. The van der Waals surface area contributed by atoms with Crippen LogP contribution in [0.5, 0.6) is 5.75 Å². The molecule has 0 saturated heterocycles. The van der Waals surface area contributed by atoms with Crippen molar-refractivity contribution in [3.8, 4) is 17.2 Å². The predicted octanol–water partition coefficient (Wildman–Crippen LogP) is 2.68. The van der Waals surface area contributed by atoms with Crippen LogP contribution in [-0.4, -0.2) is 29.9 Å². The van der Waals surface area contributed by atoms with E-state index < -0.39 is 0 Å². The molecule has 2 aromatic rings. The molecule has 1 N–H and O–H groups in total. The number of hydrogen-bond donors (Lipinski definition) is 1. The van der Waals surface area contributed by atoms with E-state index in [4.69, 9.17) is 9.15 Å². The van der Waals surface area contributed by atoms with E-state index in [0.717, 1.165) is 30.7 Å². The highest BCUT2D eigenvalue weighted by Crippen LogP contribution is 2.28. The molecule has 1 aromatic carbocycles. The standard InChI is InChI=1S/C15H21N3O2/c1-11(2)16-10-6-9-14-17-18-15(20-14)12-7-4-5-8-13(12)19-3/h4-5,7-8,11,16H,6,9-10H2,1-3H3. The molecule has 1 heterocycles. The van der Waals surface area contributed by atoms with Gasteiger partial charge < -0.3 is 14.5 Å². The molecule has 0 aliphatic rings. The molecule has 20 heavy (non-hydrogen) atoms. The highest BCUT2D eigenvalue weighted by atomic mass is 16.5. The second-order valence-corrected chi connectivity index (χ2v) is 4.91. The first kappa shape index (κ1) is 14.5. The Balaban J connectivity index is 1.98. The van der Waals surface area contributed by atoms with Gasteiger partial charge in [0.25, 0.3) is 5.89 Å². The topological polar surface area (TPSA) is 60.2 Å². The maximum Gasteiger partial charge on any atom is 0.251 e. The highest BCUT2D eigenvalue weighted by Gasteiger charge is 2.12. The number of ether oxygens (including phenoxy) is 1. The minimum absolute atomic E-state index is 0.502. The largest absolute Gasteiger partial charge is 0.496 e. The monoisotopic (exact) mass is 275 g/mol. The van der Waals surface area contributed by atoms with Gasteiger partial charge >= 0.3 is 0 Å². The molecular formula is C15H21N3O2. The van der Waals surface area contributed by atoms with E-state index in [1.54, 1.807) is 7.11 Å². The molecule has 0 fully saturated rings. The lowest BCUT2D eigenvalue weighted by atomic mass is 10.2. The molecule has 0 aliphatic carbocycles. The van der Waals surface area contributed by atoms with Crippen LogP contribution in [0.15, 0.2) is 28.7 Å². The van der Waals surface area contributed by atoms with E-state index in [0.29, 0.717) is 17.8 Å². The summed E-state index contributed by atoms with van der Waals surface area (Å²) >= 11 is 0. The third-order valence-corrected chi connectivity index (χ3v) is 2.92.